The van der Waals surface area contributed by atoms with E-state index >= 15 is 0 Å². The summed E-state index contributed by atoms with van der Waals surface area (Å²) in [5.74, 6) is 2.81. The van der Waals surface area contributed by atoms with Crippen LogP contribution in [0.3, 0.4) is 0 Å². The van der Waals surface area contributed by atoms with E-state index in [2.05, 4.69) is 19.7 Å². The molecule has 1 saturated carbocycles. The van der Waals surface area contributed by atoms with Crippen molar-refractivity contribution < 1.29 is 9.84 Å². The molecule has 0 saturated heterocycles. The van der Waals surface area contributed by atoms with Crippen molar-refractivity contribution in [2.45, 2.75) is 56.7 Å². The highest BCUT2D eigenvalue weighted by atomic mass is 35.5. The van der Waals surface area contributed by atoms with Crippen molar-refractivity contribution in [2.24, 2.45) is 0 Å². The van der Waals surface area contributed by atoms with E-state index in [9.17, 15) is 5.11 Å². The first-order chi connectivity index (χ1) is 14.2. The molecule has 2 aliphatic rings. The zero-order chi connectivity index (χ0) is 19.8. The van der Waals surface area contributed by atoms with Crippen LogP contribution in [-0.2, 0) is 12.8 Å². The van der Waals surface area contributed by atoms with Crippen LogP contribution in [0, 0.1) is 0 Å². The van der Waals surface area contributed by atoms with Gasteiger partial charge in [0.2, 0.25) is 5.88 Å². The van der Waals surface area contributed by atoms with Gasteiger partial charge in [0.1, 0.15) is 17.8 Å². The minimum atomic E-state index is -0.479. The molecule has 7 heteroatoms. The van der Waals surface area contributed by atoms with Crippen LogP contribution in [0.5, 0.6) is 5.88 Å². The van der Waals surface area contributed by atoms with Crippen LogP contribution in [0.2, 0.25) is 5.02 Å². The van der Waals surface area contributed by atoms with E-state index in [-0.39, 0.29) is 6.10 Å². The van der Waals surface area contributed by atoms with E-state index < -0.39 is 6.10 Å². The Balaban J connectivity index is 1.38. The minimum absolute atomic E-state index is 0.181. The lowest BCUT2D eigenvalue weighted by molar-refractivity contribution is 0.139. The molecule has 0 bridgehead atoms. The maximum atomic E-state index is 10.4. The number of nitrogens with zero attached hydrogens (tertiary/aromatic N) is 4. The van der Waals surface area contributed by atoms with E-state index in [4.69, 9.17) is 16.3 Å². The largest absolute Gasteiger partial charge is 0.474 e. The fraction of sp³-hybridized carbons (Fsp3) is 0.409. The molecular weight excluding hydrogens is 388 g/mol. The Bertz CT molecular complexity index is 999. The van der Waals surface area contributed by atoms with E-state index in [0.29, 0.717) is 29.7 Å². The summed E-state index contributed by atoms with van der Waals surface area (Å²) in [4.78, 5) is 4.27. The number of hydrogen-bond donors (Lipinski definition) is 1. The molecule has 6 nitrogen and oxygen atoms in total. The molecule has 1 fully saturated rings. The number of ether oxygens (including phenoxy) is 1. The Morgan fingerprint density at radius 3 is 2.69 bits per heavy atom. The van der Waals surface area contributed by atoms with Crippen LogP contribution in [-0.4, -0.2) is 37.1 Å². The summed E-state index contributed by atoms with van der Waals surface area (Å²) < 4.78 is 8.18. The van der Waals surface area contributed by atoms with Crippen molar-refractivity contribution in [3.63, 3.8) is 0 Å². The van der Waals surface area contributed by atoms with Gasteiger partial charge in [-0.2, -0.15) is 0 Å². The van der Waals surface area contributed by atoms with E-state index in [0.717, 1.165) is 48.6 Å². The number of benzene rings is 1. The number of rotatable bonds is 3. The van der Waals surface area contributed by atoms with Gasteiger partial charge in [0, 0.05) is 36.0 Å². The first-order valence-corrected chi connectivity index (χ1v) is 10.5. The van der Waals surface area contributed by atoms with Crippen LogP contribution < -0.4 is 4.74 Å². The summed E-state index contributed by atoms with van der Waals surface area (Å²) >= 11 is 6.21. The molecule has 1 aromatic carbocycles. The Morgan fingerprint density at radius 1 is 1.03 bits per heavy atom. The Hall–Kier alpha value is -2.44. The molecule has 150 valence electrons. The SMILES string of the molecule is O[C@@H]1Cc2cc(Cl)ccc2-n2c(nnc2C2CCC(Oc3ccccn3)CC2)C1. The maximum Gasteiger partial charge on any atom is 0.213 e. The summed E-state index contributed by atoms with van der Waals surface area (Å²) in [7, 11) is 0. The number of halogens is 1. The highest BCUT2D eigenvalue weighted by Crippen LogP contribution is 2.36. The molecular formula is C22H23ClN4O2. The summed E-state index contributed by atoms with van der Waals surface area (Å²) in [5, 5.41) is 20.1. The summed E-state index contributed by atoms with van der Waals surface area (Å²) in [6.45, 7) is 0. The predicted molar refractivity (Wildman–Crippen MR) is 110 cm³/mol. The Kier molecular flexibility index (Phi) is 4.97. The molecule has 2 aromatic heterocycles. The topological polar surface area (TPSA) is 73.1 Å². The van der Waals surface area contributed by atoms with Crippen LogP contribution in [0.15, 0.2) is 42.6 Å². The number of pyridine rings is 1. The van der Waals surface area contributed by atoms with Gasteiger partial charge in [0.25, 0.3) is 0 Å². The molecule has 3 aromatic rings. The van der Waals surface area contributed by atoms with Crippen molar-refractivity contribution in [1.29, 1.82) is 0 Å². The van der Waals surface area contributed by atoms with Crippen LogP contribution in [0.25, 0.3) is 5.69 Å². The fourth-order valence-corrected chi connectivity index (χ4v) is 4.68. The van der Waals surface area contributed by atoms with Crippen molar-refractivity contribution in [3.8, 4) is 11.6 Å². The number of aliphatic hydroxyl groups excluding tert-OH is 1. The average molecular weight is 411 g/mol. The van der Waals surface area contributed by atoms with Gasteiger partial charge >= 0.3 is 0 Å². The molecule has 0 spiro atoms. The third-order valence-corrected chi connectivity index (χ3v) is 6.11. The highest BCUT2D eigenvalue weighted by molar-refractivity contribution is 6.30. The average Bonchev–Trinajstić information content (AvgIpc) is 3.06. The summed E-state index contributed by atoms with van der Waals surface area (Å²) in [6, 6.07) is 11.6. The zero-order valence-electron chi connectivity index (χ0n) is 16.0. The third-order valence-electron chi connectivity index (χ3n) is 5.88. The van der Waals surface area contributed by atoms with Gasteiger partial charge in [-0.1, -0.05) is 17.7 Å². The monoisotopic (exact) mass is 410 g/mol. The quantitative estimate of drug-likeness (QED) is 0.709. The van der Waals surface area contributed by atoms with Gasteiger partial charge in [-0.3, -0.25) is 4.57 Å². The van der Waals surface area contributed by atoms with Crippen LogP contribution >= 0.6 is 11.6 Å². The maximum absolute atomic E-state index is 10.4. The Labute approximate surface area is 174 Å². The van der Waals surface area contributed by atoms with Crippen molar-refractivity contribution in [3.05, 3.63) is 64.8 Å². The number of aromatic nitrogens is 4. The predicted octanol–water partition coefficient (Wildman–Crippen LogP) is 3.88. The first kappa shape index (κ1) is 18.6. The second kappa shape index (κ2) is 7.76. The molecule has 1 aliphatic heterocycles. The lowest BCUT2D eigenvalue weighted by atomic mass is 9.86. The standard InChI is InChI=1S/C22H23ClN4O2/c23-16-6-9-19-15(11-16)12-17(28)13-20-25-26-22(27(19)20)14-4-7-18(8-5-14)29-21-3-1-2-10-24-21/h1-3,6,9-11,14,17-18,28H,4-5,7-8,12-13H2/t14?,17-,18?/m1/s1. The molecule has 3 heterocycles. The molecule has 1 aliphatic carbocycles. The zero-order valence-corrected chi connectivity index (χ0v) is 16.8. The second-order valence-electron chi connectivity index (χ2n) is 7.90. The molecule has 1 N–H and O–H groups in total. The van der Waals surface area contributed by atoms with Crippen molar-refractivity contribution >= 4 is 11.6 Å². The lowest BCUT2D eigenvalue weighted by Crippen LogP contribution is -2.25. The highest BCUT2D eigenvalue weighted by Gasteiger charge is 2.31. The smallest absolute Gasteiger partial charge is 0.213 e. The lowest BCUT2D eigenvalue weighted by Gasteiger charge is -2.28. The van der Waals surface area contributed by atoms with Crippen molar-refractivity contribution in [2.75, 3.05) is 0 Å². The molecule has 0 radical (unpaired) electrons. The van der Waals surface area contributed by atoms with Gasteiger partial charge in [-0.25, -0.2) is 4.98 Å². The normalized spacial score (nSPS) is 23.7. The van der Waals surface area contributed by atoms with E-state index in [1.165, 1.54) is 0 Å². The first-order valence-electron chi connectivity index (χ1n) is 10.2. The van der Waals surface area contributed by atoms with E-state index in [1.54, 1.807) is 6.20 Å². The fourth-order valence-electron chi connectivity index (χ4n) is 4.49. The molecule has 29 heavy (non-hydrogen) atoms. The van der Waals surface area contributed by atoms with Gasteiger partial charge in [0.05, 0.1) is 11.8 Å². The molecule has 0 unspecified atom stereocenters. The van der Waals surface area contributed by atoms with Crippen LogP contribution in [0.1, 0.15) is 48.8 Å². The third kappa shape index (κ3) is 3.74. The second-order valence-corrected chi connectivity index (χ2v) is 8.34. The number of aliphatic hydroxyl groups is 1. The molecule has 0 amide bonds. The van der Waals surface area contributed by atoms with Gasteiger partial charge in [-0.05, 0) is 55.5 Å². The number of fused-ring (bicyclic) bond motifs is 3. The minimum Gasteiger partial charge on any atom is -0.474 e. The van der Waals surface area contributed by atoms with Crippen LogP contribution in [0.4, 0.5) is 0 Å². The molecule has 5 rings (SSSR count). The van der Waals surface area contributed by atoms with E-state index in [1.807, 2.05) is 36.4 Å². The van der Waals surface area contributed by atoms with Gasteiger partial charge in [-0.15, -0.1) is 10.2 Å². The van der Waals surface area contributed by atoms with Gasteiger partial charge in [0.15, 0.2) is 0 Å². The summed E-state index contributed by atoms with van der Waals surface area (Å²) in [5.41, 5.74) is 2.07. The van der Waals surface area contributed by atoms with Crippen molar-refractivity contribution in [1.82, 2.24) is 19.7 Å². The Morgan fingerprint density at radius 2 is 1.90 bits per heavy atom. The summed E-state index contributed by atoms with van der Waals surface area (Å²) in [6.07, 6.45) is 6.42. The van der Waals surface area contributed by atoms with Gasteiger partial charge < -0.3 is 9.84 Å². The number of hydrogen-bond acceptors (Lipinski definition) is 5. The molecule has 1 atom stereocenters.